The molecule has 1 fully saturated rings. The summed E-state index contributed by atoms with van der Waals surface area (Å²) in [5, 5.41) is 10.8. The number of hydrogen-bond acceptors (Lipinski definition) is 3. The van der Waals surface area contributed by atoms with Gasteiger partial charge in [0.05, 0.1) is 11.0 Å². The lowest BCUT2D eigenvalue weighted by Gasteiger charge is -2.32. The number of nitrogens with zero attached hydrogens (tertiary/aromatic N) is 5. The normalized spacial score (nSPS) is 16.1. The van der Waals surface area contributed by atoms with E-state index in [0.29, 0.717) is 5.92 Å². The van der Waals surface area contributed by atoms with Gasteiger partial charge in [0.1, 0.15) is 5.82 Å². The van der Waals surface area contributed by atoms with Gasteiger partial charge in [-0.2, -0.15) is 0 Å². The molecule has 1 aliphatic heterocycles. The monoisotopic (exact) mass is 446 g/mol. The number of fused-ring (bicyclic) bond motifs is 4. The fourth-order valence-electron chi connectivity index (χ4n) is 5.39. The number of rotatable bonds is 5. The molecule has 0 spiro atoms. The summed E-state index contributed by atoms with van der Waals surface area (Å²) < 4.78 is 4.48. The second kappa shape index (κ2) is 7.94. The molecule has 1 aliphatic rings. The lowest BCUT2D eigenvalue weighted by molar-refractivity contribution is 0.208. The summed E-state index contributed by atoms with van der Waals surface area (Å²) >= 11 is 6.25. The second-order valence-corrected chi connectivity index (χ2v) is 9.36. The number of hydrogen-bond donors (Lipinski definition) is 1. The number of imidazole rings is 1. The minimum atomic E-state index is 0.602. The van der Waals surface area contributed by atoms with Crippen LogP contribution in [0.5, 0.6) is 0 Å². The van der Waals surface area contributed by atoms with E-state index in [0.717, 1.165) is 49.2 Å². The lowest BCUT2D eigenvalue weighted by Crippen LogP contribution is -2.34. The zero-order valence-corrected chi connectivity index (χ0v) is 19.0. The molecule has 0 bridgehead atoms. The Morgan fingerprint density at radius 2 is 1.84 bits per heavy atom. The third kappa shape index (κ3) is 3.29. The third-order valence-corrected chi connectivity index (χ3v) is 7.26. The van der Waals surface area contributed by atoms with Gasteiger partial charge in [0.25, 0.3) is 0 Å². The van der Waals surface area contributed by atoms with Crippen LogP contribution < -0.4 is 0 Å². The first-order valence-electron chi connectivity index (χ1n) is 11.5. The van der Waals surface area contributed by atoms with E-state index >= 15 is 0 Å². The maximum atomic E-state index is 6.25. The maximum absolute atomic E-state index is 6.25. The van der Waals surface area contributed by atoms with Crippen molar-refractivity contribution in [1.29, 1.82) is 0 Å². The summed E-state index contributed by atoms with van der Waals surface area (Å²) in [7, 11) is 0. The predicted molar refractivity (Wildman–Crippen MR) is 130 cm³/mol. The van der Waals surface area contributed by atoms with E-state index < -0.39 is 0 Å². The second-order valence-electron chi connectivity index (χ2n) is 8.93. The fourth-order valence-corrected chi connectivity index (χ4v) is 5.56. The van der Waals surface area contributed by atoms with Gasteiger partial charge in [0, 0.05) is 28.7 Å². The molecule has 0 saturated carbocycles. The number of likely N-dealkylation sites (tertiary alicyclic amines) is 1. The Bertz CT molecular complexity index is 1400. The molecule has 164 valence electrons. The molecule has 4 heterocycles. The number of aromatic amines is 1. The molecule has 0 amide bonds. The minimum Gasteiger partial charge on any atom is -0.361 e. The van der Waals surface area contributed by atoms with E-state index in [-0.39, 0.29) is 0 Å². The molecule has 2 aromatic carbocycles. The summed E-state index contributed by atoms with van der Waals surface area (Å²) in [6.07, 6.45) is 5.68. The first-order valence-corrected chi connectivity index (χ1v) is 11.8. The first-order chi connectivity index (χ1) is 15.7. The largest absolute Gasteiger partial charge is 0.361 e. The molecule has 3 aromatic heterocycles. The number of aryl methyl sites for hydroxylation is 2. The highest BCUT2D eigenvalue weighted by molar-refractivity contribution is 6.31. The van der Waals surface area contributed by atoms with E-state index in [9.17, 15) is 0 Å². The minimum absolute atomic E-state index is 0.602. The molecule has 6 rings (SSSR count). The number of benzene rings is 2. The highest BCUT2D eigenvalue weighted by Gasteiger charge is 2.23. The van der Waals surface area contributed by atoms with Gasteiger partial charge in [-0.15, -0.1) is 10.2 Å². The molecule has 7 heteroatoms. The third-order valence-electron chi connectivity index (χ3n) is 7.02. The molecule has 5 aromatic rings. The van der Waals surface area contributed by atoms with Crippen LogP contribution in [0.4, 0.5) is 0 Å². The van der Waals surface area contributed by atoms with E-state index in [4.69, 9.17) is 11.6 Å². The van der Waals surface area contributed by atoms with Gasteiger partial charge in [-0.05, 0) is 87.6 Å². The van der Waals surface area contributed by atoms with Crippen molar-refractivity contribution < 1.29 is 0 Å². The number of para-hydroxylation sites is 2. The molecular weight excluding hydrogens is 420 g/mol. The van der Waals surface area contributed by atoms with Gasteiger partial charge in [0.15, 0.2) is 0 Å². The average molecular weight is 447 g/mol. The molecule has 32 heavy (non-hydrogen) atoms. The maximum Gasteiger partial charge on any atom is 0.236 e. The van der Waals surface area contributed by atoms with Crippen LogP contribution in [0, 0.1) is 6.92 Å². The summed E-state index contributed by atoms with van der Waals surface area (Å²) in [5.74, 6) is 2.49. The van der Waals surface area contributed by atoms with E-state index in [1.165, 1.54) is 40.3 Å². The quantitative estimate of drug-likeness (QED) is 0.393. The summed E-state index contributed by atoms with van der Waals surface area (Å²) in [6, 6.07) is 14.6. The standard InChI is InChI=1S/C25H27ClN6/c1-17-28-29-25-31(23-5-2-3-6-24(23)32(17)25)12-4-11-30-13-9-18(10-14-30)21-16-27-22-8-7-19(26)15-20(21)22/h2-3,5-8,15-16,18,27H,4,9-14H2,1H3. The Balaban J connectivity index is 1.11. The fraction of sp³-hybridized carbons (Fsp3) is 0.360. The summed E-state index contributed by atoms with van der Waals surface area (Å²) in [5.41, 5.74) is 5.02. The van der Waals surface area contributed by atoms with Crippen molar-refractivity contribution in [1.82, 2.24) is 29.0 Å². The number of piperidine rings is 1. The molecule has 1 N–H and O–H groups in total. The van der Waals surface area contributed by atoms with Crippen LogP contribution in [0.1, 0.15) is 36.6 Å². The van der Waals surface area contributed by atoms with Crippen molar-refractivity contribution in [2.45, 2.75) is 38.6 Å². The zero-order chi connectivity index (χ0) is 21.7. The van der Waals surface area contributed by atoms with Gasteiger partial charge < -0.3 is 14.5 Å². The lowest BCUT2D eigenvalue weighted by atomic mass is 9.89. The van der Waals surface area contributed by atoms with Crippen LogP contribution in [0.15, 0.2) is 48.7 Å². The topological polar surface area (TPSA) is 54.2 Å². The Morgan fingerprint density at radius 1 is 1.03 bits per heavy atom. The van der Waals surface area contributed by atoms with Crippen molar-refractivity contribution in [2.24, 2.45) is 0 Å². The Kier molecular flexibility index (Phi) is 4.92. The van der Waals surface area contributed by atoms with Crippen molar-refractivity contribution in [3.63, 3.8) is 0 Å². The van der Waals surface area contributed by atoms with E-state index in [1.54, 1.807) is 0 Å². The number of aromatic nitrogens is 5. The van der Waals surface area contributed by atoms with Crippen LogP contribution >= 0.6 is 11.6 Å². The Morgan fingerprint density at radius 3 is 2.69 bits per heavy atom. The summed E-state index contributed by atoms with van der Waals surface area (Å²) in [6.45, 7) is 6.37. The van der Waals surface area contributed by atoms with Crippen molar-refractivity contribution >= 4 is 39.3 Å². The van der Waals surface area contributed by atoms with Crippen molar-refractivity contribution in [3.8, 4) is 0 Å². The Hall–Kier alpha value is -2.83. The zero-order valence-electron chi connectivity index (χ0n) is 18.3. The van der Waals surface area contributed by atoms with E-state index in [2.05, 4.69) is 71.6 Å². The molecule has 0 atom stereocenters. The number of halogens is 1. The molecule has 0 unspecified atom stereocenters. The van der Waals surface area contributed by atoms with Crippen LogP contribution in [0.2, 0.25) is 5.02 Å². The molecule has 6 nitrogen and oxygen atoms in total. The molecule has 0 radical (unpaired) electrons. The average Bonchev–Trinajstić information content (AvgIpc) is 3.49. The van der Waals surface area contributed by atoms with Gasteiger partial charge in [-0.25, -0.2) is 0 Å². The van der Waals surface area contributed by atoms with Crippen molar-refractivity contribution in [2.75, 3.05) is 19.6 Å². The summed E-state index contributed by atoms with van der Waals surface area (Å²) in [4.78, 5) is 6.02. The SMILES string of the molecule is Cc1nnc2n(CCCN3CCC(c4c[nH]c5ccc(Cl)cc45)CC3)c3ccccc3n12. The molecular formula is C25H27ClN6. The highest BCUT2D eigenvalue weighted by atomic mass is 35.5. The van der Waals surface area contributed by atoms with E-state index in [1.807, 2.05) is 13.0 Å². The van der Waals surface area contributed by atoms with Gasteiger partial charge in [0.2, 0.25) is 5.78 Å². The van der Waals surface area contributed by atoms with Crippen LogP contribution in [0.3, 0.4) is 0 Å². The van der Waals surface area contributed by atoms with Crippen LogP contribution in [-0.2, 0) is 6.54 Å². The molecule has 0 aliphatic carbocycles. The van der Waals surface area contributed by atoms with Gasteiger partial charge >= 0.3 is 0 Å². The first kappa shape index (κ1) is 19.8. The number of H-pyrrole nitrogens is 1. The smallest absolute Gasteiger partial charge is 0.236 e. The van der Waals surface area contributed by atoms with Gasteiger partial charge in [-0.1, -0.05) is 23.7 Å². The van der Waals surface area contributed by atoms with Crippen LogP contribution in [0.25, 0.3) is 27.7 Å². The van der Waals surface area contributed by atoms with Gasteiger partial charge in [-0.3, -0.25) is 4.40 Å². The predicted octanol–water partition coefficient (Wildman–Crippen LogP) is 5.40. The van der Waals surface area contributed by atoms with Crippen LogP contribution in [-0.4, -0.2) is 48.7 Å². The Labute approximate surface area is 191 Å². The highest BCUT2D eigenvalue weighted by Crippen LogP contribution is 2.34. The number of nitrogens with one attached hydrogen (secondary N) is 1. The van der Waals surface area contributed by atoms with Crippen molar-refractivity contribution in [3.05, 3.63) is 65.1 Å². The molecule has 1 saturated heterocycles.